The van der Waals surface area contributed by atoms with Gasteiger partial charge in [0.15, 0.2) is 11.5 Å². The van der Waals surface area contributed by atoms with Gasteiger partial charge in [-0.05, 0) is 31.2 Å². The highest BCUT2D eigenvalue weighted by Crippen LogP contribution is 2.32. The monoisotopic (exact) mass is 420 g/mol. The molecule has 3 aromatic rings. The molecule has 162 valence electrons. The summed E-state index contributed by atoms with van der Waals surface area (Å²) in [5.41, 5.74) is 2.15. The van der Waals surface area contributed by atoms with Crippen LogP contribution >= 0.6 is 0 Å². The van der Waals surface area contributed by atoms with E-state index < -0.39 is 0 Å². The van der Waals surface area contributed by atoms with Crippen LogP contribution in [0, 0.1) is 0 Å². The lowest BCUT2D eigenvalue weighted by atomic mass is 10.1. The number of nitrogens with zero attached hydrogens (tertiary/aromatic N) is 2. The van der Waals surface area contributed by atoms with Gasteiger partial charge >= 0.3 is 0 Å². The second-order valence-electron chi connectivity index (χ2n) is 7.23. The van der Waals surface area contributed by atoms with E-state index in [0.29, 0.717) is 50.4 Å². The van der Waals surface area contributed by atoms with Crippen molar-refractivity contribution in [3.05, 3.63) is 78.0 Å². The minimum atomic E-state index is 0.461. The summed E-state index contributed by atoms with van der Waals surface area (Å²) in [6.45, 7) is 6.41. The summed E-state index contributed by atoms with van der Waals surface area (Å²) in [5.74, 6) is 2.83. The molecule has 0 aliphatic carbocycles. The Morgan fingerprint density at radius 2 is 1.77 bits per heavy atom. The van der Waals surface area contributed by atoms with Gasteiger partial charge in [-0.3, -0.25) is 4.90 Å². The Balaban J connectivity index is 1.61. The molecule has 0 fully saturated rings. The van der Waals surface area contributed by atoms with Crippen molar-refractivity contribution in [3.8, 4) is 23.1 Å². The van der Waals surface area contributed by atoms with Crippen LogP contribution in [0.3, 0.4) is 0 Å². The maximum Gasteiger partial charge on any atom is 0.223 e. The fraction of sp³-hybridized carbons (Fsp3) is 0.320. The van der Waals surface area contributed by atoms with Crippen molar-refractivity contribution in [2.24, 2.45) is 0 Å². The minimum Gasteiger partial charge on any atom is -0.494 e. The molecule has 2 aromatic carbocycles. The van der Waals surface area contributed by atoms with E-state index in [1.54, 1.807) is 6.20 Å². The molecule has 0 saturated carbocycles. The zero-order valence-corrected chi connectivity index (χ0v) is 17.8. The van der Waals surface area contributed by atoms with Crippen LogP contribution in [-0.4, -0.2) is 42.9 Å². The maximum absolute atomic E-state index is 6.19. The van der Waals surface area contributed by atoms with Crippen LogP contribution in [0.5, 0.6) is 23.1 Å². The predicted molar refractivity (Wildman–Crippen MR) is 119 cm³/mol. The molecule has 0 unspecified atom stereocenters. The molecule has 0 bridgehead atoms. The van der Waals surface area contributed by atoms with Crippen molar-refractivity contribution in [1.29, 1.82) is 0 Å². The van der Waals surface area contributed by atoms with Gasteiger partial charge in [-0.1, -0.05) is 36.4 Å². The number of para-hydroxylation sites is 3. The zero-order valence-electron chi connectivity index (χ0n) is 17.8. The maximum atomic E-state index is 6.19. The second kappa shape index (κ2) is 10.8. The van der Waals surface area contributed by atoms with Crippen molar-refractivity contribution >= 4 is 0 Å². The third-order valence-corrected chi connectivity index (χ3v) is 5.00. The Morgan fingerprint density at radius 1 is 0.935 bits per heavy atom. The molecule has 4 rings (SSSR count). The van der Waals surface area contributed by atoms with Crippen LogP contribution in [-0.2, 0) is 17.8 Å². The fourth-order valence-corrected chi connectivity index (χ4v) is 3.53. The first-order valence-corrected chi connectivity index (χ1v) is 10.7. The molecule has 6 heteroatoms. The van der Waals surface area contributed by atoms with Crippen LogP contribution < -0.4 is 14.2 Å². The molecule has 0 saturated heterocycles. The first kappa shape index (κ1) is 21.2. The number of rotatable bonds is 4. The smallest absolute Gasteiger partial charge is 0.223 e. The van der Waals surface area contributed by atoms with Crippen molar-refractivity contribution < 1.29 is 18.9 Å². The highest BCUT2D eigenvalue weighted by atomic mass is 16.5. The van der Waals surface area contributed by atoms with Crippen LogP contribution in [0.2, 0.25) is 0 Å². The number of aromatic nitrogens is 1. The molecule has 1 aliphatic heterocycles. The van der Waals surface area contributed by atoms with E-state index in [9.17, 15) is 0 Å². The van der Waals surface area contributed by atoms with Gasteiger partial charge in [-0.25, -0.2) is 4.98 Å². The Morgan fingerprint density at radius 3 is 2.68 bits per heavy atom. The largest absolute Gasteiger partial charge is 0.494 e. The number of hydrogen-bond donors (Lipinski definition) is 0. The van der Waals surface area contributed by atoms with Gasteiger partial charge in [-0.15, -0.1) is 0 Å². The van der Waals surface area contributed by atoms with E-state index in [0.717, 1.165) is 30.0 Å². The standard InChI is InChI=1S/C25H28N2O4/c1-2-29-22-10-4-3-8-20(22)18-27-14-15-28-16-17-30-23-11-5-6-12-24(23)31-25-21(19-27)9-7-13-26-25/h3-13H,2,14-19H2,1H3. The van der Waals surface area contributed by atoms with Gasteiger partial charge in [0.05, 0.1) is 19.8 Å². The highest BCUT2D eigenvalue weighted by Gasteiger charge is 2.16. The minimum absolute atomic E-state index is 0.461. The molecular weight excluding hydrogens is 392 g/mol. The number of fused-ring (bicyclic) bond motifs is 2. The van der Waals surface area contributed by atoms with E-state index in [4.69, 9.17) is 18.9 Å². The van der Waals surface area contributed by atoms with Crippen LogP contribution in [0.25, 0.3) is 0 Å². The third kappa shape index (κ3) is 5.75. The molecule has 2 heterocycles. The van der Waals surface area contributed by atoms with Gasteiger partial charge in [0.2, 0.25) is 5.88 Å². The van der Waals surface area contributed by atoms with E-state index in [1.165, 1.54) is 0 Å². The van der Waals surface area contributed by atoms with Crippen molar-refractivity contribution in [2.75, 3.05) is 33.0 Å². The van der Waals surface area contributed by atoms with Crippen molar-refractivity contribution in [3.63, 3.8) is 0 Å². The Kier molecular flexibility index (Phi) is 7.37. The first-order chi connectivity index (χ1) is 15.3. The van der Waals surface area contributed by atoms with E-state index in [2.05, 4.69) is 16.0 Å². The summed E-state index contributed by atoms with van der Waals surface area (Å²) in [6, 6.07) is 19.8. The SMILES string of the molecule is CCOc1ccccc1CN1CCOCCOc2ccccc2Oc2ncccc2C1. The molecule has 1 aliphatic rings. The summed E-state index contributed by atoms with van der Waals surface area (Å²) >= 11 is 0. The van der Waals surface area contributed by atoms with Crippen LogP contribution in [0.1, 0.15) is 18.1 Å². The molecule has 0 spiro atoms. The highest BCUT2D eigenvalue weighted by molar-refractivity contribution is 5.43. The summed E-state index contributed by atoms with van der Waals surface area (Å²) in [4.78, 5) is 6.82. The quantitative estimate of drug-likeness (QED) is 0.611. The van der Waals surface area contributed by atoms with Crippen LogP contribution in [0.15, 0.2) is 66.9 Å². The van der Waals surface area contributed by atoms with Gasteiger partial charge in [0.1, 0.15) is 12.4 Å². The van der Waals surface area contributed by atoms with Crippen molar-refractivity contribution in [2.45, 2.75) is 20.0 Å². The van der Waals surface area contributed by atoms with Gasteiger partial charge < -0.3 is 18.9 Å². The van der Waals surface area contributed by atoms with Gasteiger partial charge in [-0.2, -0.15) is 0 Å². The Labute approximate surface area is 183 Å². The average Bonchev–Trinajstić information content (AvgIpc) is 2.80. The number of ether oxygens (including phenoxy) is 4. The average molecular weight is 421 g/mol. The number of pyridine rings is 1. The van der Waals surface area contributed by atoms with Gasteiger partial charge in [0, 0.05) is 37.0 Å². The van der Waals surface area contributed by atoms with Crippen LogP contribution in [0.4, 0.5) is 0 Å². The summed E-state index contributed by atoms with van der Waals surface area (Å²) < 4.78 is 23.7. The second-order valence-corrected chi connectivity index (χ2v) is 7.23. The van der Waals surface area contributed by atoms with E-state index >= 15 is 0 Å². The fourth-order valence-electron chi connectivity index (χ4n) is 3.53. The molecule has 0 amide bonds. The lowest BCUT2D eigenvalue weighted by Crippen LogP contribution is -2.28. The molecule has 1 aromatic heterocycles. The lowest BCUT2D eigenvalue weighted by Gasteiger charge is -2.24. The molecule has 0 radical (unpaired) electrons. The Hall–Kier alpha value is -3.09. The molecule has 6 nitrogen and oxygen atoms in total. The summed E-state index contributed by atoms with van der Waals surface area (Å²) in [7, 11) is 0. The molecular formula is C25H28N2O4. The predicted octanol–water partition coefficient (Wildman–Crippen LogP) is 4.68. The molecule has 0 atom stereocenters. The summed E-state index contributed by atoms with van der Waals surface area (Å²) in [6.07, 6.45) is 1.75. The van der Waals surface area contributed by atoms with Gasteiger partial charge in [0.25, 0.3) is 0 Å². The number of hydrogen-bond acceptors (Lipinski definition) is 6. The summed E-state index contributed by atoms with van der Waals surface area (Å²) in [5, 5.41) is 0. The van der Waals surface area contributed by atoms with Crippen molar-refractivity contribution in [1.82, 2.24) is 9.88 Å². The normalized spacial score (nSPS) is 15.1. The topological polar surface area (TPSA) is 53.1 Å². The molecule has 31 heavy (non-hydrogen) atoms. The van der Waals surface area contributed by atoms with E-state index in [-0.39, 0.29) is 0 Å². The number of benzene rings is 2. The molecule has 0 N–H and O–H groups in total. The third-order valence-electron chi connectivity index (χ3n) is 5.00. The lowest BCUT2D eigenvalue weighted by molar-refractivity contribution is 0.0759. The first-order valence-electron chi connectivity index (χ1n) is 10.7. The Bertz CT molecular complexity index is 979. The zero-order chi connectivity index (χ0) is 21.3. The van der Waals surface area contributed by atoms with E-state index in [1.807, 2.05) is 61.5 Å².